The van der Waals surface area contributed by atoms with Gasteiger partial charge in [-0.3, -0.25) is 0 Å². The van der Waals surface area contributed by atoms with Crippen LogP contribution in [0.15, 0.2) is 0 Å². The van der Waals surface area contributed by atoms with Crippen LogP contribution < -0.4 is 5.32 Å². The fraction of sp³-hybridized carbons (Fsp3) is 0.929. The zero-order valence-electron chi connectivity index (χ0n) is 10.3. The molecule has 2 unspecified atom stereocenters. The van der Waals surface area contributed by atoms with Crippen LogP contribution in [0.2, 0.25) is 0 Å². The highest BCUT2D eigenvalue weighted by Gasteiger charge is 2.23. The second kappa shape index (κ2) is 6.25. The van der Waals surface area contributed by atoms with Gasteiger partial charge in [-0.25, -0.2) is 0 Å². The Morgan fingerprint density at radius 3 is 2.62 bits per heavy atom. The SMILES string of the molecule is N#CC1CCCCCC1NCCCC1CC1. The average Bonchev–Trinajstić information content (AvgIpc) is 3.11. The van der Waals surface area contributed by atoms with Crippen molar-refractivity contribution in [3.8, 4) is 6.07 Å². The Hall–Kier alpha value is -0.550. The molecule has 2 aliphatic carbocycles. The maximum Gasteiger partial charge on any atom is 0.0672 e. The predicted octanol–water partition coefficient (Wildman–Crippen LogP) is 3.24. The number of hydrogen-bond acceptors (Lipinski definition) is 2. The third-order valence-corrected chi connectivity index (χ3v) is 4.07. The van der Waals surface area contributed by atoms with Gasteiger partial charge in [0.15, 0.2) is 0 Å². The molecule has 0 heterocycles. The van der Waals surface area contributed by atoms with E-state index in [1.807, 2.05) is 0 Å². The molecule has 0 radical (unpaired) electrons. The van der Waals surface area contributed by atoms with Crippen LogP contribution in [0.4, 0.5) is 0 Å². The van der Waals surface area contributed by atoms with E-state index in [2.05, 4.69) is 11.4 Å². The van der Waals surface area contributed by atoms with Crippen molar-refractivity contribution in [2.45, 2.75) is 63.8 Å². The van der Waals surface area contributed by atoms with E-state index in [4.69, 9.17) is 5.26 Å². The van der Waals surface area contributed by atoms with E-state index in [-0.39, 0.29) is 5.92 Å². The summed E-state index contributed by atoms with van der Waals surface area (Å²) >= 11 is 0. The van der Waals surface area contributed by atoms with Gasteiger partial charge in [0.05, 0.1) is 12.0 Å². The Bertz CT molecular complexity index is 240. The van der Waals surface area contributed by atoms with Gasteiger partial charge in [0.25, 0.3) is 0 Å². The minimum Gasteiger partial charge on any atom is -0.313 e. The van der Waals surface area contributed by atoms with Crippen molar-refractivity contribution in [1.82, 2.24) is 5.32 Å². The van der Waals surface area contributed by atoms with Crippen molar-refractivity contribution in [3.05, 3.63) is 0 Å². The molecular formula is C14H24N2. The van der Waals surface area contributed by atoms with Crippen molar-refractivity contribution < 1.29 is 0 Å². The highest BCUT2D eigenvalue weighted by Crippen LogP contribution is 2.33. The normalized spacial score (nSPS) is 30.7. The van der Waals surface area contributed by atoms with Gasteiger partial charge in [-0.05, 0) is 38.1 Å². The van der Waals surface area contributed by atoms with Crippen LogP contribution in [0.5, 0.6) is 0 Å². The Kier molecular flexibility index (Phi) is 4.66. The molecule has 0 amide bonds. The lowest BCUT2D eigenvalue weighted by molar-refractivity contribution is 0.389. The molecule has 0 bridgehead atoms. The van der Waals surface area contributed by atoms with Crippen LogP contribution in [0.1, 0.15) is 57.8 Å². The Morgan fingerprint density at radius 2 is 1.88 bits per heavy atom. The summed E-state index contributed by atoms with van der Waals surface area (Å²) in [5.74, 6) is 1.31. The van der Waals surface area contributed by atoms with E-state index in [0.29, 0.717) is 6.04 Å². The third kappa shape index (κ3) is 3.79. The van der Waals surface area contributed by atoms with Crippen molar-refractivity contribution >= 4 is 0 Å². The number of hydrogen-bond donors (Lipinski definition) is 1. The summed E-state index contributed by atoms with van der Waals surface area (Å²) < 4.78 is 0. The van der Waals surface area contributed by atoms with Crippen molar-refractivity contribution in [1.29, 1.82) is 5.26 Å². The first-order chi connectivity index (χ1) is 7.90. The van der Waals surface area contributed by atoms with E-state index in [1.54, 1.807) is 0 Å². The van der Waals surface area contributed by atoms with Crippen molar-refractivity contribution in [2.75, 3.05) is 6.54 Å². The summed E-state index contributed by atoms with van der Waals surface area (Å²) in [4.78, 5) is 0. The largest absolute Gasteiger partial charge is 0.313 e. The molecule has 2 saturated carbocycles. The molecule has 0 spiro atoms. The summed E-state index contributed by atoms with van der Waals surface area (Å²) in [6, 6.07) is 2.97. The maximum absolute atomic E-state index is 9.15. The Labute approximate surface area is 99.4 Å². The van der Waals surface area contributed by atoms with Crippen LogP contribution in [0.3, 0.4) is 0 Å². The molecule has 0 saturated heterocycles. The first-order valence-electron chi connectivity index (χ1n) is 7.03. The lowest BCUT2D eigenvalue weighted by Gasteiger charge is -2.20. The summed E-state index contributed by atoms with van der Waals surface area (Å²) in [5, 5.41) is 12.8. The van der Waals surface area contributed by atoms with Gasteiger partial charge < -0.3 is 5.32 Å². The van der Waals surface area contributed by atoms with Crippen LogP contribution in [0.25, 0.3) is 0 Å². The van der Waals surface area contributed by atoms with Crippen molar-refractivity contribution in [2.24, 2.45) is 11.8 Å². The van der Waals surface area contributed by atoms with Gasteiger partial charge in [-0.1, -0.05) is 32.1 Å². The van der Waals surface area contributed by atoms with Gasteiger partial charge in [0.2, 0.25) is 0 Å². The summed E-state index contributed by atoms with van der Waals surface area (Å²) in [6.45, 7) is 1.12. The number of nitriles is 1. The molecule has 2 fully saturated rings. The fourth-order valence-electron chi connectivity index (χ4n) is 2.79. The molecular weight excluding hydrogens is 196 g/mol. The summed E-state index contributed by atoms with van der Waals surface area (Å²) in [7, 11) is 0. The molecule has 2 nitrogen and oxygen atoms in total. The van der Waals surface area contributed by atoms with Gasteiger partial charge >= 0.3 is 0 Å². The van der Waals surface area contributed by atoms with E-state index < -0.39 is 0 Å². The topological polar surface area (TPSA) is 35.8 Å². The van der Waals surface area contributed by atoms with Crippen LogP contribution in [0, 0.1) is 23.2 Å². The fourth-order valence-corrected chi connectivity index (χ4v) is 2.79. The highest BCUT2D eigenvalue weighted by molar-refractivity contribution is 4.93. The Balaban J connectivity index is 1.65. The highest BCUT2D eigenvalue weighted by atomic mass is 14.9. The molecule has 0 aromatic carbocycles. The molecule has 90 valence electrons. The molecule has 2 heteroatoms. The van der Waals surface area contributed by atoms with E-state index in [9.17, 15) is 0 Å². The van der Waals surface area contributed by atoms with Crippen molar-refractivity contribution in [3.63, 3.8) is 0 Å². The van der Waals surface area contributed by atoms with E-state index in [1.165, 1.54) is 51.4 Å². The zero-order valence-corrected chi connectivity index (χ0v) is 10.3. The maximum atomic E-state index is 9.15. The summed E-state index contributed by atoms with van der Waals surface area (Å²) in [6.07, 6.45) is 11.8. The molecule has 0 aromatic rings. The monoisotopic (exact) mass is 220 g/mol. The molecule has 1 N–H and O–H groups in total. The Morgan fingerprint density at radius 1 is 1.06 bits per heavy atom. The number of rotatable bonds is 5. The van der Waals surface area contributed by atoms with Gasteiger partial charge in [0.1, 0.15) is 0 Å². The zero-order chi connectivity index (χ0) is 11.2. The molecule has 0 aliphatic heterocycles. The minimum atomic E-state index is 0.267. The van der Waals surface area contributed by atoms with Gasteiger partial charge in [-0.2, -0.15) is 5.26 Å². The molecule has 2 atom stereocenters. The predicted molar refractivity (Wildman–Crippen MR) is 65.9 cm³/mol. The lowest BCUT2D eigenvalue weighted by Crippen LogP contribution is -2.35. The van der Waals surface area contributed by atoms with Crippen LogP contribution in [-0.4, -0.2) is 12.6 Å². The summed E-state index contributed by atoms with van der Waals surface area (Å²) in [5.41, 5.74) is 0. The lowest BCUT2D eigenvalue weighted by atomic mass is 9.96. The minimum absolute atomic E-state index is 0.267. The van der Waals surface area contributed by atoms with Gasteiger partial charge in [-0.15, -0.1) is 0 Å². The second-order valence-electron chi connectivity index (χ2n) is 5.52. The average molecular weight is 220 g/mol. The molecule has 2 aliphatic rings. The molecule has 0 aromatic heterocycles. The van der Waals surface area contributed by atoms with Gasteiger partial charge in [0, 0.05) is 6.04 Å². The van der Waals surface area contributed by atoms with E-state index in [0.717, 1.165) is 18.9 Å². The first kappa shape index (κ1) is 11.9. The molecule has 16 heavy (non-hydrogen) atoms. The third-order valence-electron chi connectivity index (χ3n) is 4.07. The first-order valence-corrected chi connectivity index (χ1v) is 7.03. The standard InChI is InChI=1S/C14H24N2/c15-11-13-6-2-1-3-7-14(13)16-10-4-5-12-8-9-12/h12-14,16H,1-10H2. The molecule has 2 rings (SSSR count). The van der Waals surface area contributed by atoms with E-state index >= 15 is 0 Å². The second-order valence-corrected chi connectivity index (χ2v) is 5.52. The number of nitrogens with one attached hydrogen (secondary N) is 1. The van der Waals surface area contributed by atoms with Crippen LogP contribution >= 0.6 is 0 Å². The smallest absolute Gasteiger partial charge is 0.0672 e. The van der Waals surface area contributed by atoms with Crippen LogP contribution in [-0.2, 0) is 0 Å². The quantitative estimate of drug-likeness (QED) is 0.570. The number of nitrogens with zero attached hydrogens (tertiary/aromatic N) is 1.